The van der Waals surface area contributed by atoms with E-state index in [1.165, 1.54) is 0 Å². The summed E-state index contributed by atoms with van der Waals surface area (Å²) in [5.41, 5.74) is 7.65. The smallest absolute Gasteiger partial charge is 0.241 e. The summed E-state index contributed by atoms with van der Waals surface area (Å²) in [6, 6.07) is 3.49. The largest absolute Gasteiger partial charge is 0.398 e. The van der Waals surface area contributed by atoms with E-state index in [0.717, 1.165) is 31.2 Å². The maximum absolute atomic E-state index is 12.3. The van der Waals surface area contributed by atoms with Crippen molar-refractivity contribution in [3.63, 3.8) is 0 Å². The number of rotatable bonds is 7. The van der Waals surface area contributed by atoms with Crippen LogP contribution in [0.5, 0.6) is 0 Å². The van der Waals surface area contributed by atoms with Crippen molar-refractivity contribution in [2.24, 2.45) is 0 Å². The van der Waals surface area contributed by atoms with Gasteiger partial charge in [-0.2, -0.15) is 0 Å². The zero-order valence-electron chi connectivity index (χ0n) is 12.0. The summed E-state index contributed by atoms with van der Waals surface area (Å²) in [6.07, 6.45) is 4.19. The molecule has 0 aliphatic heterocycles. The molecule has 1 aromatic carbocycles. The second-order valence-electron chi connectivity index (χ2n) is 4.88. The molecule has 0 atom stereocenters. The highest BCUT2D eigenvalue weighted by Gasteiger charge is 2.20. The highest BCUT2D eigenvalue weighted by atomic mass is 32.2. The first-order chi connectivity index (χ1) is 8.90. The molecule has 0 aliphatic carbocycles. The molecule has 4 nitrogen and oxygen atoms in total. The molecule has 0 amide bonds. The molecule has 0 saturated carbocycles. The third-order valence-electron chi connectivity index (χ3n) is 3.24. The Balaban J connectivity index is 2.81. The zero-order chi connectivity index (χ0) is 14.5. The second-order valence-corrected chi connectivity index (χ2v) is 6.59. The number of nitrogen functional groups attached to an aromatic ring is 1. The first-order valence-corrected chi connectivity index (χ1v) is 8.23. The minimum atomic E-state index is -3.46. The third kappa shape index (κ3) is 4.21. The predicted octanol–water partition coefficient (Wildman–Crippen LogP) is 2.74. The third-order valence-corrected chi connectivity index (χ3v) is 4.99. The number of hydrogen-bond acceptors (Lipinski definition) is 3. The molecular weight excluding hydrogens is 260 g/mol. The van der Waals surface area contributed by atoms with Gasteiger partial charge in [-0.15, -0.1) is 0 Å². The number of benzene rings is 1. The Kier molecular flexibility index (Phi) is 5.82. The van der Waals surface area contributed by atoms with Crippen molar-refractivity contribution in [3.8, 4) is 0 Å². The summed E-state index contributed by atoms with van der Waals surface area (Å²) in [4.78, 5) is 0.322. The summed E-state index contributed by atoms with van der Waals surface area (Å²) in [7, 11) is -3.46. The number of unbranched alkanes of at least 4 members (excludes halogenated alkanes) is 3. The van der Waals surface area contributed by atoms with Crippen LogP contribution >= 0.6 is 0 Å². The molecule has 3 N–H and O–H groups in total. The van der Waals surface area contributed by atoms with Crippen molar-refractivity contribution < 1.29 is 8.42 Å². The van der Waals surface area contributed by atoms with Crippen molar-refractivity contribution in [2.75, 3.05) is 12.3 Å². The van der Waals surface area contributed by atoms with Crippen molar-refractivity contribution in [3.05, 3.63) is 23.3 Å². The Labute approximate surface area is 116 Å². The van der Waals surface area contributed by atoms with Crippen LogP contribution in [-0.2, 0) is 10.0 Å². The average Bonchev–Trinajstić information content (AvgIpc) is 2.34. The molecule has 0 bridgehead atoms. The molecule has 0 fully saturated rings. The summed E-state index contributed by atoms with van der Waals surface area (Å²) < 4.78 is 27.2. The van der Waals surface area contributed by atoms with Gasteiger partial charge in [-0.25, -0.2) is 13.1 Å². The van der Waals surface area contributed by atoms with Gasteiger partial charge >= 0.3 is 0 Å². The lowest BCUT2D eigenvalue weighted by molar-refractivity contribution is 0.572. The van der Waals surface area contributed by atoms with Crippen LogP contribution in [0.15, 0.2) is 17.0 Å². The molecule has 0 spiro atoms. The fourth-order valence-electron chi connectivity index (χ4n) is 2.09. The minimum absolute atomic E-state index is 0.322. The Morgan fingerprint density at radius 1 is 1.16 bits per heavy atom. The molecule has 0 radical (unpaired) electrons. The fraction of sp³-hybridized carbons (Fsp3) is 0.571. The van der Waals surface area contributed by atoms with E-state index < -0.39 is 10.0 Å². The van der Waals surface area contributed by atoms with Crippen molar-refractivity contribution >= 4 is 15.7 Å². The van der Waals surface area contributed by atoms with E-state index in [-0.39, 0.29) is 0 Å². The van der Waals surface area contributed by atoms with Crippen LogP contribution in [0.1, 0.15) is 43.7 Å². The van der Waals surface area contributed by atoms with Gasteiger partial charge in [0.05, 0.1) is 4.90 Å². The van der Waals surface area contributed by atoms with Crippen LogP contribution in [0.4, 0.5) is 5.69 Å². The van der Waals surface area contributed by atoms with Crippen molar-refractivity contribution in [1.29, 1.82) is 0 Å². The Morgan fingerprint density at radius 3 is 2.47 bits per heavy atom. The van der Waals surface area contributed by atoms with Gasteiger partial charge in [0.2, 0.25) is 10.0 Å². The quantitative estimate of drug-likeness (QED) is 0.597. The van der Waals surface area contributed by atoms with Crippen LogP contribution in [0.2, 0.25) is 0 Å². The zero-order valence-corrected chi connectivity index (χ0v) is 12.8. The van der Waals surface area contributed by atoms with E-state index in [9.17, 15) is 8.42 Å². The van der Waals surface area contributed by atoms with E-state index in [0.29, 0.717) is 22.7 Å². The molecule has 0 aliphatic rings. The number of sulfonamides is 1. The normalized spacial score (nSPS) is 11.7. The molecule has 5 heteroatoms. The molecule has 1 aromatic rings. The van der Waals surface area contributed by atoms with Gasteiger partial charge in [0.15, 0.2) is 0 Å². The molecule has 0 unspecified atom stereocenters. The summed E-state index contributed by atoms with van der Waals surface area (Å²) in [5, 5.41) is 0. The molecule has 0 heterocycles. The Morgan fingerprint density at radius 2 is 1.84 bits per heavy atom. The highest BCUT2D eigenvalue weighted by Crippen LogP contribution is 2.24. The van der Waals surface area contributed by atoms with Gasteiger partial charge in [0.1, 0.15) is 0 Å². The Hall–Kier alpha value is -1.07. The SMILES string of the molecule is CCCCCCNS(=O)(=O)c1c(C)ccc(N)c1C. The van der Waals surface area contributed by atoms with Crippen LogP contribution < -0.4 is 10.5 Å². The standard InChI is InChI=1S/C14H24N2O2S/c1-4-5-6-7-10-16-19(17,18)14-11(2)8-9-13(15)12(14)3/h8-9,16H,4-7,10,15H2,1-3H3. The average molecular weight is 284 g/mol. The maximum Gasteiger partial charge on any atom is 0.241 e. The van der Waals surface area contributed by atoms with Gasteiger partial charge in [-0.05, 0) is 37.5 Å². The van der Waals surface area contributed by atoms with E-state index in [2.05, 4.69) is 11.6 Å². The number of nitrogens with one attached hydrogen (secondary N) is 1. The van der Waals surface area contributed by atoms with E-state index in [4.69, 9.17) is 5.73 Å². The van der Waals surface area contributed by atoms with Crippen LogP contribution in [-0.4, -0.2) is 15.0 Å². The molecule has 0 aromatic heterocycles. The summed E-state index contributed by atoms with van der Waals surface area (Å²) in [5.74, 6) is 0. The lowest BCUT2D eigenvalue weighted by Gasteiger charge is -2.13. The summed E-state index contributed by atoms with van der Waals surface area (Å²) in [6.45, 7) is 6.14. The minimum Gasteiger partial charge on any atom is -0.398 e. The first-order valence-electron chi connectivity index (χ1n) is 6.75. The number of anilines is 1. The lowest BCUT2D eigenvalue weighted by atomic mass is 10.1. The second kappa shape index (κ2) is 6.91. The topological polar surface area (TPSA) is 72.2 Å². The van der Waals surface area contributed by atoms with E-state index >= 15 is 0 Å². The van der Waals surface area contributed by atoms with Crippen LogP contribution in [0.25, 0.3) is 0 Å². The van der Waals surface area contributed by atoms with Gasteiger partial charge in [0.25, 0.3) is 0 Å². The van der Waals surface area contributed by atoms with Gasteiger partial charge < -0.3 is 5.73 Å². The van der Waals surface area contributed by atoms with Gasteiger partial charge in [-0.3, -0.25) is 0 Å². The van der Waals surface area contributed by atoms with Crippen molar-refractivity contribution in [2.45, 2.75) is 51.3 Å². The summed E-state index contributed by atoms with van der Waals surface area (Å²) >= 11 is 0. The highest BCUT2D eigenvalue weighted by molar-refractivity contribution is 7.89. The number of aryl methyl sites for hydroxylation is 1. The monoisotopic (exact) mass is 284 g/mol. The van der Waals surface area contributed by atoms with Crippen molar-refractivity contribution in [1.82, 2.24) is 4.72 Å². The van der Waals surface area contributed by atoms with Gasteiger partial charge in [0, 0.05) is 12.2 Å². The molecule has 19 heavy (non-hydrogen) atoms. The van der Waals surface area contributed by atoms with Gasteiger partial charge in [-0.1, -0.05) is 32.3 Å². The molecule has 1 rings (SSSR count). The molecular formula is C14H24N2O2S. The number of nitrogens with two attached hydrogens (primary N) is 1. The maximum atomic E-state index is 12.3. The van der Waals surface area contributed by atoms with Crippen LogP contribution in [0, 0.1) is 13.8 Å². The lowest BCUT2D eigenvalue weighted by Crippen LogP contribution is -2.26. The van der Waals surface area contributed by atoms with E-state index in [1.807, 2.05) is 0 Å². The van der Waals surface area contributed by atoms with E-state index in [1.54, 1.807) is 26.0 Å². The molecule has 0 saturated heterocycles. The first kappa shape index (κ1) is 16.0. The van der Waals surface area contributed by atoms with Crippen LogP contribution in [0.3, 0.4) is 0 Å². The predicted molar refractivity (Wildman–Crippen MR) is 79.7 cm³/mol. The number of hydrogen-bond donors (Lipinski definition) is 2. The molecule has 108 valence electrons. The fourth-order valence-corrected chi connectivity index (χ4v) is 3.66. The Bertz CT molecular complexity index is 524.